The zero-order valence-corrected chi connectivity index (χ0v) is 22.4. The van der Waals surface area contributed by atoms with Crippen molar-refractivity contribution in [2.45, 2.75) is 33.2 Å². The monoisotopic (exact) mass is 513 g/mol. The molecular formula is C27H35N3O7. The topological polar surface area (TPSA) is 125 Å². The number of esters is 1. The van der Waals surface area contributed by atoms with E-state index in [0.717, 1.165) is 6.54 Å². The van der Waals surface area contributed by atoms with Gasteiger partial charge in [0.2, 0.25) is 5.78 Å². The summed E-state index contributed by atoms with van der Waals surface area (Å²) >= 11 is 0. The average Bonchev–Trinajstić information content (AvgIpc) is 3.30. The van der Waals surface area contributed by atoms with Crippen LogP contribution in [0, 0.1) is 13.8 Å². The van der Waals surface area contributed by atoms with Crippen LogP contribution in [0.3, 0.4) is 0 Å². The number of hydrogen-bond acceptors (Lipinski definition) is 7. The molecule has 1 fully saturated rings. The van der Waals surface area contributed by atoms with E-state index in [1.165, 1.54) is 24.0 Å². The molecule has 1 aromatic heterocycles. The largest absolute Gasteiger partial charge is 0.872 e. The highest BCUT2D eigenvalue weighted by Crippen LogP contribution is 2.45. The molecule has 1 aromatic carbocycles. The quantitative estimate of drug-likeness (QED) is 0.206. The number of carbonyl (C=O) groups is 3. The first-order chi connectivity index (χ1) is 17.6. The minimum Gasteiger partial charge on any atom is -0.872 e. The van der Waals surface area contributed by atoms with Crippen LogP contribution in [0.15, 0.2) is 23.8 Å². The van der Waals surface area contributed by atoms with Gasteiger partial charge in [-0.15, -0.1) is 0 Å². The molecule has 37 heavy (non-hydrogen) atoms. The molecule has 1 unspecified atom stereocenters. The van der Waals surface area contributed by atoms with Crippen LogP contribution in [0.2, 0.25) is 0 Å². The average molecular weight is 514 g/mol. The number of methoxy groups -OCH3 is 2. The first-order valence-electron chi connectivity index (χ1n) is 12.2. The Balaban J connectivity index is 2.26. The van der Waals surface area contributed by atoms with Crippen molar-refractivity contribution in [3.63, 3.8) is 0 Å². The second kappa shape index (κ2) is 11.5. The van der Waals surface area contributed by atoms with Crippen LogP contribution in [0.25, 0.3) is 5.76 Å². The number of para-hydroxylation sites is 1. The van der Waals surface area contributed by atoms with Gasteiger partial charge in [-0.2, -0.15) is 0 Å². The predicted octanol–water partition coefficient (Wildman–Crippen LogP) is 0.584. The molecule has 2 heterocycles. The molecule has 0 saturated carbocycles. The van der Waals surface area contributed by atoms with E-state index in [1.807, 2.05) is 14.1 Å². The van der Waals surface area contributed by atoms with Crippen LogP contribution in [0.5, 0.6) is 11.5 Å². The summed E-state index contributed by atoms with van der Waals surface area (Å²) in [6.07, 6.45) is 0.626. The van der Waals surface area contributed by atoms with Gasteiger partial charge in [0.1, 0.15) is 5.69 Å². The van der Waals surface area contributed by atoms with Crippen LogP contribution in [0.4, 0.5) is 0 Å². The maximum absolute atomic E-state index is 14.0. The standard InChI is InChI=1S/C27H35N3O7/c1-8-37-27(34)21-15(2)19(16(3)28-21)23(31)20-22(17-11-9-12-18(35-6)25(17)36-7)30(26(33)24(20)32)14-10-13-29(4)5/h9,11-12,22,28,31H,8,10,13-14H2,1-7H3. The van der Waals surface area contributed by atoms with Crippen LogP contribution >= 0.6 is 0 Å². The van der Waals surface area contributed by atoms with E-state index in [1.54, 1.807) is 39.0 Å². The maximum Gasteiger partial charge on any atom is 0.355 e. The van der Waals surface area contributed by atoms with Crippen LogP contribution in [-0.4, -0.2) is 75.6 Å². The van der Waals surface area contributed by atoms with Crippen molar-refractivity contribution in [1.82, 2.24) is 9.88 Å². The summed E-state index contributed by atoms with van der Waals surface area (Å²) < 4.78 is 16.2. The molecule has 0 bridgehead atoms. The molecule has 1 aliphatic heterocycles. The summed E-state index contributed by atoms with van der Waals surface area (Å²) in [5, 5.41) is 14.0. The van der Waals surface area contributed by atoms with Gasteiger partial charge >= 0.3 is 5.97 Å². The first kappa shape index (κ1) is 27.8. The molecule has 200 valence electrons. The van der Waals surface area contributed by atoms with Gasteiger partial charge in [-0.1, -0.05) is 17.9 Å². The molecule has 0 spiro atoms. The van der Waals surface area contributed by atoms with Crippen molar-refractivity contribution in [2.24, 2.45) is 0 Å². The number of hydrogen-bond donors (Lipinski definition) is 2. The fourth-order valence-electron chi connectivity index (χ4n) is 4.79. The molecular weight excluding hydrogens is 478 g/mol. The number of aromatic amines is 1. The number of benzene rings is 1. The Bertz CT molecular complexity index is 1230. The Hall–Kier alpha value is -3.79. The van der Waals surface area contributed by atoms with Gasteiger partial charge in [-0.25, -0.2) is 4.79 Å². The molecule has 0 radical (unpaired) electrons. The number of likely N-dealkylation sites (tertiary alicyclic amines) is 1. The zero-order chi connectivity index (χ0) is 27.4. The number of nitrogens with one attached hydrogen (secondary N) is 2. The van der Waals surface area contributed by atoms with E-state index in [2.05, 4.69) is 4.98 Å². The van der Waals surface area contributed by atoms with Crippen molar-refractivity contribution >= 4 is 23.4 Å². The number of H-pyrrole nitrogens is 1. The van der Waals surface area contributed by atoms with Gasteiger partial charge in [0.25, 0.3) is 5.91 Å². The fraction of sp³-hybridized carbons (Fsp3) is 0.444. The van der Waals surface area contributed by atoms with Crippen LogP contribution < -0.4 is 19.5 Å². The lowest BCUT2D eigenvalue weighted by Crippen LogP contribution is -3.05. The third-order valence-electron chi connectivity index (χ3n) is 6.48. The Morgan fingerprint density at radius 3 is 2.46 bits per heavy atom. The van der Waals surface area contributed by atoms with Gasteiger partial charge < -0.3 is 34.1 Å². The van der Waals surface area contributed by atoms with Gasteiger partial charge in [-0.05, 0) is 38.0 Å². The van der Waals surface area contributed by atoms with E-state index >= 15 is 0 Å². The van der Waals surface area contributed by atoms with E-state index < -0.39 is 29.5 Å². The summed E-state index contributed by atoms with van der Waals surface area (Å²) in [5.41, 5.74) is 1.36. The normalized spacial score (nSPS) is 17.0. The predicted molar refractivity (Wildman–Crippen MR) is 134 cm³/mol. The number of ether oxygens (including phenoxy) is 3. The third kappa shape index (κ3) is 5.20. The van der Waals surface area contributed by atoms with E-state index in [4.69, 9.17) is 14.2 Å². The highest BCUT2D eigenvalue weighted by Gasteiger charge is 2.45. The third-order valence-corrected chi connectivity index (χ3v) is 6.48. The summed E-state index contributed by atoms with van der Waals surface area (Å²) in [5.74, 6) is -2.08. The number of carbonyl (C=O) groups excluding carboxylic acids is 3. The summed E-state index contributed by atoms with van der Waals surface area (Å²) in [6, 6.07) is 4.17. The lowest BCUT2D eigenvalue weighted by Gasteiger charge is -2.29. The lowest BCUT2D eigenvalue weighted by molar-refractivity contribution is -0.858. The maximum atomic E-state index is 14.0. The van der Waals surface area contributed by atoms with Crippen molar-refractivity contribution < 1.29 is 38.6 Å². The Morgan fingerprint density at radius 2 is 1.86 bits per heavy atom. The molecule has 10 nitrogen and oxygen atoms in total. The van der Waals surface area contributed by atoms with Crippen molar-refractivity contribution in [1.29, 1.82) is 0 Å². The number of nitrogens with zero attached hydrogens (tertiary/aromatic N) is 1. The van der Waals surface area contributed by atoms with E-state index in [-0.39, 0.29) is 30.0 Å². The summed E-state index contributed by atoms with van der Waals surface area (Å²) in [6.45, 7) is 6.16. The zero-order valence-electron chi connectivity index (χ0n) is 22.4. The fourth-order valence-corrected chi connectivity index (χ4v) is 4.79. The second-order valence-electron chi connectivity index (χ2n) is 9.21. The van der Waals surface area contributed by atoms with Crippen molar-refractivity contribution in [3.05, 3.63) is 51.9 Å². The number of Topliss-reactive ketones (excluding diaryl/α,β-unsaturated/α-hetero) is 1. The van der Waals surface area contributed by atoms with E-state index in [9.17, 15) is 19.5 Å². The van der Waals surface area contributed by atoms with E-state index in [0.29, 0.717) is 34.7 Å². The van der Waals surface area contributed by atoms with Gasteiger partial charge in [-0.3, -0.25) is 9.59 Å². The van der Waals surface area contributed by atoms with Crippen LogP contribution in [0.1, 0.15) is 52.3 Å². The highest BCUT2D eigenvalue weighted by molar-refractivity contribution is 6.46. The molecule has 10 heteroatoms. The van der Waals surface area contributed by atoms with Crippen molar-refractivity contribution in [3.8, 4) is 11.5 Å². The summed E-state index contributed by atoms with van der Waals surface area (Å²) in [7, 11) is 6.95. The number of amides is 1. The van der Waals surface area contributed by atoms with Crippen LogP contribution in [-0.2, 0) is 14.3 Å². The van der Waals surface area contributed by atoms with Gasteiger partial charge in [0.15, 0.2) is 11.5 Å². The van der Waals surface area contributed by atoms with Gasteiger partial charge in [0, 0.05) is 29.8 Å². The minimum atomic E-state index is -0.977. The number of quaternary nitrogens is 1. The Kier molecular flexibility index (Phi) is 8.65. The molecule has 3 rings (SSSR count). The molecule has 1 saturated heterocycles. The number of ketones is 1. The number of aryl methyl sites for hydroxylation is 1. The highest BCUT2D eigenvalue weighted by atomic mass is 16.5. The molecule has 1 amide bonds. The minimum absolute atomic E-state index is 0.140. The Morgan fingerprint density at radius 1 is 1.16 bits per heavy atom. The SMILES string of the molecule is CCOC(=O)c1[nH]c(C)c(C([O-])=C2C(=O)C(=O)N(CCC[NH+](C)C)C2c2cccc(OC)c2OC)c1C. The molecule has 0 aliphatic carbocycles. The smallest absolute Gasteiger partial charge is 0.355 e. The number of rotatable bonds is 10. The number of aromatic nitrogens is 1. The molecule has 2 N–H and O–H groups in total. The Labute approximate surface area is 216 Å². The molecule has 2 aromatic rings. The summed E-state index contributed by atoms with van der Waals surface area (Å²) in [4.78, 5) is 44.6. The first-order valence-corrected chi connectivity index (χ1v) is 12.2. The lowest BCUT2D eigenvalue weighted by atomic mass is 9.93. The second-order valence-corrected chi connectivity index (χ2v) is 9.21. The molecule has 1 aliphatic rings. The van der Waals surface area contributed by atoms with Crippen molar-refractivity contribution in [2.75, 3.05) is 48.0 Å². The molecule has 1 atom stereocenters. The van der Waals surface area contributed by atoms with Gasteiger partial charge in [0.05, 0.1) is 47.5 Å².